The van der Waals surface area contributed by atoms with E-state index in [4.69, 9.17) is 4.74 Å². The van der Waals surface area contributed by atoms with Crippen LogP contribution in [0, 0.1) is 0 Å². The van der Waals surface area contributed by atoms with E-state index in [0.29, 0.717) is 44.2 Å². The third-order valence-electron chi connectivity index (χ3n) is 7.58. The molecule has 1 aliphatic heterocycles. The highest BCUT2D eigenvalue weighted by Crippen LogP contribution is 2.33. The number of thiazole rings is 1. The molecular formula is C32H33F3N4O2S. The topological polar surface area (TPSA) is 48.9 Å². The molecule has 1 aliphatic rings. The molecule has 6 nitrogen and oxygen atoms in total. The average molecular weight is 595 g/mol. The van der Waals surface area contributed by atoms with Crippen LogP contribution >= 0.6 is 11.3 Å². The third-order valence-corrected chi connectivity index (χ3v) is 8.53. The van der Waals surface area contributed by atoms with Crippen molar-refractivity contribution in [3.05, 3.63) is 101 Å². The molecule has 5 rings (SSSR count). The van der Waals surface area contributed by atoms with Crippen molar-refractivity contribution in [3.8, 4) is 16.9 Å². The zero-order valence-corrected chi connectivity index (χ0v) is 24.4. The van der Waals surface area contributed by atoms with Crippen LogP contribution in [0.2, 0.25) is 0 Å². The summed E-state index contributed by atoms with van der Waals surface area (Å²) in [6.07, 6.45) is -2.59. The van der Waals surface area contributed by atoms with Crippen LogP contribution < -0.4 is 9.64 Å². The number of hydrogen-bond donors (Lipinski definition) is 0. The van der Waals surface area contributed by atoms with Crippen LogP contribution in [0.25, 0.3) is 11.1 Å². The smallest absolute Gasteiger partial charge is 0.416 e. The number of piperazine rings is 1. The van der Waals surface area contributed by atoms with Gasteiger partial charge in [0.2, 0.25) is 0 Å². The summed E-state index contributed by atoms with van der Waals surface area (Å²) in [6, 6.07) is 21.5. The minimum atomic E-state index is -4.39. The predicted molar refractivity (Wildman–Crippen MR) is 160 cm³/mol. The summed E-state index contributed by atoms with van der Waals surface area (Å²) in [4.78, 5) is 23.3. The fourth-order valence-corrected chi connectivity index (χ4v) is 5.77. The predicted octanol–water partition coefficient (Wildman–Crippen LogP) is 6.75. The molecule has 0 spiro atoms. The van der Waals surface area contributed by atoms with Gasteiger partial charge in [-0.05, 0) is 55.4 Å². The van der Waals surface area contributed by atoms with Gasteiger partial charge in [0.1, 0.15) is 10.8 Å². The number of aromatic nitrogens is 1. The van der Waals surface area contributed by atoms with Gasteiger partial charge < -0.3 is 14.5 Å². The van der Waals surface area contributed by atoms with Gasteiger partial charge in [-0.15, -0.1) is 11.3 Å². The maximum Gasteiger partial charge on any atom is 0.416 e. The summed E-state index contributed by atoms with van der Waals surface area (Å²) >= 11 is 1.62. The maximum atomic E-state index is 13.1. The highest BCUT2D eigenvalue weighted by molar-refractivity contribution is 7.09. The Morgan fingerprint density at radius 1 is 1.00 bits per heavy atom. The van der Waals surface area contributed by atoms with Crippen LogP contribution in [0.3, 0.4) is 0 Å². The summed E-state index contributed by atoms with van der Waals surface area (Å²) in [6.45, 7) is 4.31. The van der Waals surface area contributed by atoms with Gasteiger partial charge in [0.05, 0.1) is 11.6 Å². The molecule has 1 aromatic heterocycles. The minimum Gasteiger partial charge on any atom is -0.483 e. The lowest BCUT2D eigenvalue weighted by Crippen LogP contribution is -2.50. The third kappa shape index (κ3) is 7.11. The summed E-state index contributed by atoms with van der Waals surface area (Å²) < 4.78 is 45.6. The van der Waals surface area contributed by atoms with E-state index in [0.717, 1.165) is 33.8 Å². The maximum absolute atomic E-state index is 13.1. The van der Waals surface area contributed by atoms with Crippen LogP contribution in [-0.4, -0.2) is 60.5 Å². The Bertz CT molecular complexity index is 1470. The molecule has 4 aromatic rings. The van der Waals surface area contributed by atoms with Crippen LogP contribution in [0.1, 0.15) is 29.1 Å². The number of carbonyl (C=O) groups excluding carboxylic acids is 1. The molecule has 2 heterocycles. The van der Waals surface area contributed by atoms with E-state index in [1.807, 2.05) is 47.7 Å². The zero-order valence-electron chi connectivity index (χ0n) is 23.6. The van der Waals surface area contributed by atoms with Gasteiger partial charge in [-0.3, -0.25) is 9.69 Å². The molecule has 3 aromatic carbocycles. The molecule has 42 heavy (non-hydrogen) atoms. The second-order valence-corrected chi connectivity index (χ2v) is 11.3. The van der Waals surface area contributed by atoms with Crippen molar-refractivity contribution in [2.45, 2.75) is 25.7 Å². The van der Waals surface area contributed by atoms with Gasteiger partial charge in [0.25, 0.3) is 5.91 Å². The van der Waals surface area contributed by atoms with Gasteiger partial charge in [0, 0.05) is 55.6 Å². The Morgan fingerprint density at radius 2 is 1.76 bits per heavy atom. The Kier molecular flexibility index (Phi) is 9.13. The highest BCUT2D eigenvalue weighted by atomic mass is 32.1. The van der Waals surface area contributed by atoms with Gasteiger partial charge in [-0.1, -0.05) is 42.5 Å². The number of rotatable bonds is 9. The van der Waals surface area contributed by atoms with Crippen molar-refractivity contribution < 1.29 is 22.7 Å². The average Bonchev–Trinajstić information content (AvgIpc) is 3.55. The van der Waals surface area contributed by atoms with Crippen molar-refractivity contribution >= 4 is 22.9 Å². The molecule has 0 unspecified atom stereocenters. The number of ether oxygens (including phenoxy) is 1. The van der Waals surface area contributed by atoms with E-state index in [1.165, 1.54) is 6.07 Å². The highest BCUT2D eigenvalue weighted by Gasteiger charge is 2.31. The number of benzene rings is 3. The van der Waals surface area contributed by atoms with Gasteiger partial charge in [-0.2, -0.15) is 13.2 Å². The van der Waals surface area contributed by atoms with E-state index in [9.17, 15) is 18.0 Å². The van der Waals surface area contributed by atoms with Crippen molar-refractivity contribution in [1.82, 2.24) is 14.8 Å². The fraction of sp³-hybridized carbons (Fsp3) is 0.312. The molecule has 1 atom stereocenters. The van der Waals surface area contributed by atoms with Crippen molar-refractivity contribution in [2.75, 3.05) is 44.7 Å². The molecular weight excluding hydrogens is 561 g/mol. The van der Waals surface area contributed by atoms with Crippen LogP contribution in [0.15, 0.2) is 84.4 Å². The lowest BCUT2D eigenvalue weighted by Gasteiger charge is -2.36. The first-order valence-electron chi connectivity index (χ1n) is 13.8. The van der Waals surface area contributed by atoms with Crippen LogP contribution in [0.5, 0.6) is 5.75 Å². The summed E-state index contributed by atoms with van der Waals surface area (Å²) in [7, 11) is 2.04. The first-order chi connectivity index (χ1) is 20.2. The van der Waals surface area contributed by atoms with E-state index >= 15 is 0 Å². The fourth-order valence-electron chi connectivity index (χ4n) is 5.01. The van der Waals surface area contributed by atoms with E-state index in [1.54, 1.807) is 28.5 Å². The number of nitrogens with zero attached hydrogens (tertiary/aromatic N) is 4. The lowest BCUT2D eigenvalue weighted by atomic mass is 10.0. The molecule has 220 valence electrons. The second-order valence-electron chi connectivity index (χ2n) is 10.4. The quantitative estimate of drug-likeness (QED) is 0.215. The number of halogens is 3. The number of hydrogen-bond acceptors (Lipinski definition) is 6. The molecule has 0 N–H and O–H groups in total. The largest absolute Gasteiger partial charge is 0.483 e. The van der Waals surface area contributed by atoms with Gasteiger partial charge in [0.15, 0.2) is 6.61 Å². The molecule has 0 radical (unpaired) electrons. The molecule has 1 amide bonds. The standard InChI is InChI=1S/C32H33F3N4O2S/c1-23(31-36-13-18-42-31)37(2)21-26-19-25(24-7-4-3-5-8-24)11-12-29(26)41-22-30(40)39-16-14-38(15-17-39)28-10-6-9-27(20-28)32(33,34)35/h3-13,18-20,23H,14-17,21-22H2,1-2H3/t23-/m1/s1. The van der Waals surface area contributed by atoms with Gasteiger partial charge in [-0.25, -0.2) is 4.98 Å². The Hall–Kier alpha value is -3.89. The monoisotopic (exact) mass is 594 g/mol. The van der Waals surface area contributed by atoms with Crippen molar-refractivity contribution in [1.29, 1.82) is 0 Å². The van der Waals surface area contributed by atoms with E-state index < -0.39 is 11.7 Å². The zero-order chi connectivity index (χ0) is 29.7. The van der Waals surface area contributed by atoms with Crippen LogP contribution in [0.4, 0.5) is 18.9 Å². The number of amides is 1. The molecule has 0 aliphatic carbocycles. The number of anilines is 1. The Morgan fingerprint density at radius 3 is 2.45 bits per heavy atom. The molecule has 1 saturated heterocycles. The number of carbonyl (C=O) groups is 1. The molecule has 1 fully saturated rings. The Labute approximate surface area is 248 Å². The lowest BCUT2D eigenvalue weighted by molar-refractivity contribution is -0.137. The molecule has 10 heteroatoms. The van der Waals surface area contributed by atoms with Crippen molar-refractivity contribution in [3.63, 3.8) is 0 Å². The van der Waals surface area contributed by atoms with Crippen LogP contribution in [-0.2, 0) is 17.5 Å². The minimum absolute atomic E-state index is 0.105. The van der Waals surface area contributed by atoms with Crippen molar-refractivity contribution in [2.24, 2.45) is 0 Å². The van der Waals surface area contributed by atoms with Gasteiger partial charge >= 0.3 is 6.18 Å². The first kappa shape index (κ1) is 29.6. The normalized spacial score (nSPS) is 14.7. The summed E-state index contributed by atoms with van der Waals surface area (Å²) in [5.74, 6) is 0.491. The first-order valence-corrected chi connectivity index (χ1v) is 14.7. The molecule has 0 saturated carbocycles. The second kappa shape index (κ2) is 13.0. The molecule has 0 bridgehead atoms. The number of alkyl halides is 3. The summed E-state index contributed by atoms with van der Waals surface area (Å²) in [5, 5.41) is 2.99. The SMILES string of the molecule is C[C@H](c1nccs1)N(C)Cc1cc(-c2ccccc2)ccc1OCC(=O)N1CCN(c2cccc(C(F)(F)F)c2)CC1. The summed E-state index contributed by atoms with van der Waals surface area (Å²) in [5.41, 5.74) is 2.95. The van der Waals surface area contributed by atoms with E-state index in [-0.39, 0.29) is 18.6 Å². The van der Waals surface area contributed by atoms with E-state index in [2.05, 4.69) is 35.0 Å². The Balaban J connectivity index is 1.24.